The van der Waals surface area contributed by atoms with Gasteiger partial charge < -0.3 is 0 Å². The highest BCUT2D eigenvalue weighted by molar-refractivity contribution is 6.35. The first-order valence-corrected chi connectivity index (χ1v) is 26.8. The van der Waals surface area contributed by atoms with Crippen molar-refractivity contribution >= 4 is 37.9 Å². The van der Waals surface area contributed by atoms with Gasteiger partial charge in [0, 0.05) is 10.8 Å². The first kappa shape index (κ1) is 42.2. The van der Waals surface area contributed by atoms with Gasteiger partial charge >= 0.3 is 0 Å². The van der Waals surface area contributed by atoms with E-state index in [2.05, 4.69) is 236 Å². The van der Waals surface area contributed by atoms with Gasteiger partial charge in [-0.15, -0.1) is 0 Å². The van der Waals surface area contributed by atoms with Crippen LogP contribution >= 0.6 is 0 Å². The SMILES string of the molecule is Cc1ccccc1-c1c2c(c(-c3ccccc3C)c3ccccc13)-c1ccc3c4c(ccc-2c14)-c1c-3c(-c2ccc3c(c2)C(C)(C)c2ccccc2-3)c2ccccc2c1-c1ccc2c(c1)C(C)(C)C1=C2C=CCC1. The van der Waals surface area contributed by atoms with Gasteiger partial charge in [0.2, 0.25) is 0 Å². The molecule has 11 aromatic carbocycles. The van der Waals surface area contributed by atoms with Gasteiger partial charge in [-0.05, 0) is 210 Å². The predicted molar refractivity (Wildman–Crippen MR) is 315 cm³/mol. The molecule has 0 aliphatic heterocycles. The predicted octanol–water partition coefficient (Wildman–Crippen LogP) is 20.4. The van der Waals surface area contributed by atoms with Gasteiger partial charge in [-0.2, -0.15) is 0 Å². The van der Waals surface area contributed by atoms with Crippen LogP contribution in [0.3, 0.4) is 0 Å². The zero-order chi connectivity index (χ0) is 49.5. The molecular formula is C74H54. The summed E-state index contributed by atoms with van der Waals surface area (Å²) in [5.74, 6) is 0. The molecular weight excluding hydrogens is 889 g/mol. The van der Waals surface area contributed by atoms with E-state index >= 15 is 0 Å². The van der Waals surface area contributed by atoms with Crippen LogP contribution in [0, 0.1) is 13.8 Å². The van der Waals surface area contributed by atoms with Gasteiger partial charge in [-0.3, -0.25) is 0 Å². The molecule has 74 heavy (non-hydrogen) atoms. The van der Waals surface area contributed by atoms with Gasteiger partial charge in [-0.25, -0.2) is 0 Å². The minimum absolute atomic E-state index is 0.0520. The van der Waals surface area contributed by atoms with Crippen LogP contribution in [-0.2, 0) is 10.8 Å². The van der Waals surface area contributed by atoms with Crippen LogP contribution in [0.4, 0.5) is 0 Å². The van der Waals surface area contributed by atoms with Crippen LogP contribution in [0.5, 0.6) is 0 Å². The lowest BCUT2D eigenvalue weighted by Crippen LogP contribution is -2.17. The third-order valence-corrected chi connectivity index (χ3v) is 18.6. The number of aryl methyl sites for hydroxylation is 2. The summed E-state index contributed by atoms with van der Waals surface area (Å²) in [6, 6.07) is 70.6. The lowest BCUT2D eigenvalue weighted by molar-refractivity contribution is 0.607. The summed E-state index contributed by atoms with van der Waals surface area (Å²) in [7, 11) is 0. The fourth-order valence-corrected chi connectivity index (χ4v) is 15.2. The van der Waals surface area contributed by atoms with Crippen LogP contribution in [0.2, 0.25) is 0 Å². The minimum Gasteiger partial charge on any atom is -0.0836 e. The molecule has 0 unspecified atom stereocenters. The van der Waals surface area contributed by atoms with Crippen molar-refractivity contribution in [3.8, 4) is 100 Å². The Hall–Kier alpha value is -8.32. The summed E-state index contributed by atoms with van der Waals surface area (Å²) in [6.07, 6.45) is 7.00. The van der Waals surface area contributed by atoms with Crippen molar-refractivity contribution in [2.45, 2.75) is 65.2 Å². The fourth-order valence-electron chi connectivity index (χ4n) is 15.2. The number of fused-ring (bicyclic) bond motifs is 13. The van der Waals surface area contributed by atoms with Gasteiger partial charge in [0.05, 0.1) is 0 Å². The second-order valence-electron chi connectivity index (χ2n) is 22.9. The van der Waals surface area contributed by atoms with Crippen molar-refractivity contribution in [2.75, 3.05) is 0 Å². The fraction of sp³-hybridized carbons (Fsp3) is 0.135. The van der Waals surface area contributed by atoms with E-state index < -0.39 is 0 Å². The molecule has 0 bridgehead atoms. The molecule has 0 atom stereocenters. The van der Waals surface area contributed by atoms with Crippen LogP contribution in [-0.4, -0.2) is 0 Å². The Morgan fingerprint density at radius 1 is 0.324 bits per heavy atom. The Kier molecular flexibility index (Phi) is 8.37. The molecule has 16 rings (SSSR count). The summed E-state index contributed by atoms with van der Waals surface area (Å²) in [4.78, 5) is 0. The van der Waals surface area contributed by atoms with E-state index in [1.165, 1.54) is 171 Å². The van der Waals surface area contributed by atoms with E-state index in [0.29, 0.717) is 0 Å². The average Bonchev–Trinajstić information content (AvgIpc) is 4.14. The maximum atomic E-state index is 2.58. The molecule has 0 aromatic heterocycles. The molecule has 0 saturated heterocycles. The smallest absolute Gasteiger partial charge is 0.0159 e. The molecule has 0 N–H and O–H groups in total. The van der Waals surface area contributed by atoms with Crippen LogP contribution in [0.1, 0.15) is 73.9 Å². The first-order chi connectivity index (χ1) is 36.1. The Morgan fingerprint density at radius 2 is 0.716 bits per heavy atom. The number of hydrogen-bond acceptors (Lipinski definition) is 0. The van der Waals surface area contributed by atoms with Crippen molar-refractivity contribution in [3.05, 3.63) is 233 Å². The normalized spacial score (nSPS) is 15.4. The maximum Gasteiger partial charge on any atom is 0.0159 e. The Balaban J connectivity index is 1.04. The molecule has 0 nitrogen and oxygen atoms in total. The quantitative estimate of drug-likeness (QED) is 0.165. The Bertz CT molecular complexity index is 4380. The molecule has 11 aromatic rings. The third-order valence-electron chi connectivity index (χ3n) is 18.6. The Morgan fingerprint density at radius 3 is 1.23 bits per heavy atom. The van der Waals surface area contributed by atoms with E-state index in [-0.39, 0.29) is 10.8 Å². The van der Waals surface area contributed by atoms with Crippen molar-refractivity contribution in [1.82, 2.24) is 0 Å². The molecule has 0 fully saturated rings. The van der Waals surface area contributed by atoms with Gasteiger partial charge in [-0.1, -0.05) is 215 Å². The number of benzene rings is 11. The molecule has 0 saturated carbocycles. The van der Waals surface area contributed by atoms with E-state index in [1.54, 1.807) is 5.57 Å². The van der Waals surface area contributed by atoms with Gasteiger partial charge in [0.1, 0.15) is 0 Å². The van der Waals surface area contributed by atoms with Crippen LogP contribution in [0.25, 0.3) is 138 Å². The second-order valence-corrected chi connectivity index (χ2v) is 22.9. The number of rotatable bonds is 4. The highest BCUT2D eigenvalue weighted by Crippen LogP contribution is 2.65. The number of allylic oxidation sites excluding steroid dienone is 4. The molecule has 350 valence electrons. The average molecular weight is 943 g/mol. The summed E-state index contributed by atoms with van der Waals surface area (Å²) < 4.78 is 0. The molecule has 0 amide bonds. The van der Waals surface area contributed by atoms with Crippen LogP contribution in [0.15, 0.2) is 200 Å². The van der Waals surface area contributed by atoms with Crippen LogP contribution < -0.4 is 0 Å². The molecule has 5 aliphatic rings. The summed E-state index contributed by atoms with van der Waals surface area (Å²) >= 11 is 0. The van der Waals surface area contributed by atoms with E-state index in [4.69, 9.17) is 0 Å². The Labute approximate surface area is 434 Å². The topological polar surface area (TPSA) is 0 Å². The van der Waals surface area contributed by atoms with Gasteiger partial charge in [0.25, 0.3) is 0 Å². The lowest BCUT2D eigenvalue weighted by Gasteiger charge is -2.27. The largest absolute Gasteiger partial charge is 0.0836 e. The number of hydrogen-bond donors (Lipinski definition) is 0. The van der Waals surface area contributed by atoms with Crippen molar-refractivity contribution in [2.24, 2.45) is 0 Å². The first-order valence-electron chi connectivity index (χ1n) is 26.8. The van der Waals surface area contributed by atoms with E-state index in [1.807, 2.05) is 0 Å². The zero-order valence-corrected chi connectivity index (χ0v) is 42.9. The summed E-state index contributed by atoms with van der Waals surface area (Å²) in [5.41, 5.74) is 35.0. The molecule has 0 heterocycles. The lowest BCUT2D eigenvalue weighted by atomic mass is 9.77. The zero-order valence-electron chi connectivity index (χ0n) is 42.9. The minimum atomic E-state index is -0.134. The molecule has 5 aliphatic carbocycles. The van der Waals surface area contributed by atoms with E-state index in [0.717, 1.165) is 12.8 Å². The van der Waals surface area contributed by atoms with Crippen molar-refractivity contribution in [1.29, 1.82) is 0 Å². The molecule has 0 heteroatoms. The highest BCUT2D eigenvalue weighted by atomic mass is 14.4. The standard InChI is InChI=1S/C74H54/c1-41-19-7-9-21-45(41)65-53-27-13-14-28-54(53)66(46-22-10-8-20-42(46)2)72-58-38-36-56-67-55(35-37-57(68(58)67)71(65)72)69-63(43-31-33-49-47-23-15-17-29-59(47)73(3,4)61(49)39-43)51-25-11-12-26-52(51)64(70(56)69)44-32-34-50-48-24-16-18-30-60(48)74(5,6)62(50)40-44/h7-17,19-29,31-40H,18,30H2,1-6H3. The second kappa shape index (κ2) is 14.7. The third kappa shape index (κ3) is 5.28. The molecule has 0 radical (unpaired) electrons. The summed E-state index contributed by atoms with van der Waals surface area (Å²) in [5, 5.41) is 7.94. The monoisotopic (exact) mass is 942 g/mol. The van der Waals surface area contributed by atoms with Gasteiger partial charge in [0.15, 0.2) is 0 Å². The molecule has 0 spiro atoms. The highest BCUT2D eigenvalue weighted by Gasteiger charge is 2.41. The van der Waals surface area contributed by atoms with Crippen molar-refractivity contribution in [3.63, 3.8) is 0 Å². The maximum absolute atomic E-state index is 2.58. The van der Waals surface area contributed by atoms with Crippen molar-refractivity contribution < 1.29 is 0 Å². The van der Waals surface area contributed by atoms with E-state index in [9.17, 15) is 0 Å². The summed E-state index contributed by atoms with van der Waals surface area (Å²) in [6.45, 7) is 14.3.